The molecule has 1 fully saturated rings. The van der Waals surface area contributed by atoms with Gasteiger partial charge in [-0.15, -0.1) is 0 Å². The Hall–Kier alpha value is -2.04. The van der Waals surface area contributed by atoms with E-state index in [0.29, 0.717) is 35.0 Å². The van der Waals surface area contributed by atoms with Crippen LogP contribution in [0.15, 0.2) is 48.5 Å². The zero-order valence-corrected chi connectivity index (χ0v) is 20.2. The molecule has 2 aromatic rings. The molecule has 4 nitrogen and oxygen atoms in total. The van der Waals surface area contributed by atoms with Crippen molar-refractivity contribution in [2.45, 2.75) is 70.4 Å². The number of carbonyl (C=O) groups is 2. The standard InChI is InChI=1S/C26H32Cl2N2O2/c1-2-24(26(32)29-20-12-7-4-8-13-20)30(17-16-19-10-5-3-6-11-19)25(31)18-21-22(27)14-9-15-23(21)28/h3,5-6,9-11,14-15,20,24H,2,4,7-8,12-13,16-18H2,1H3,(H,29,32). The Bertz CT molecular complexity index is 878. The molecule has 2 amide bonds. The van der Waals surface area contributed by atoms with Gasteiger partial charge in [-0.25, -0.2) is 0 Å². The maximum Gasteiger partial charge on any atom is 0.243 e. The zero-order valence-electron chi connectivity index (χ0n) is 18.7. The van der Waals surface area contributed by atoms with E-state index >= 15 is 0 Å². The first-order chi connectivity index (χ1) is 15.5. The van der Waals surface area contributed by atoms with E-state index in [1.807, 2.05) is 37.3 Å². The van der Waals surface area contributed by atoms with Gasteiger partial charge in [0.1, 0.15) is 6.04 Å². The first kappa shape index (κ1) is 24.6. The number of hydrogen-bond donors (Lipinski definition) is 1. The molecule has 3 rings (SSSR count). The van der Waals surface area contributed by atoms with Crippen molar-refractivity contribution in [2.24, 2.45) is 0 Å². The molecule has 1 N–H and O–H groups in total. The minimum atomic E-state index is -0.519. The lowest BCUT2D eigenvalue weighted by Crippen LogP contribution is -2.52. The lowest BCUT2D eigenvalue weighted by molar-refractivity contribution is -0.140. The molecular weight excluding hydrogens is 443 g/mol. The van der Waals surface area contributed by atoms with Gasteiger partial charge >= 0.3 is 0 Å². The van der Waals surface area contributed by atoms with E-state index in [0.717, 1.165) is 31.2 Å². The highest BCUT2D eigenvalue weighted by molar-refractivity contribution is 6.36. The number of carbonyl (C=O) groups excluding carboxylic acids is 2. The molecule has 6 heteroatoms. The monoisotopic (exact) mass is 474 g/mol. The summed E-state index contributed by atoms with van der Waals surface area (Å²) in [5.74, 6) is -0.201. The molecule has 32 heavy (non-hydrogen) atoms. The van der Waals surface area contributed by atoms with Crippen LogP contribution in [0.5, 0.6) is 0 Å². The van der Waals surface area contributed by atoms with Crippen molar-refractivity contribution in [2.75, 3.05) is 6.54 Å². The van der Waals surface area contributed by atoms with Gasteiger partial charge in [-0.1, -0.05) is 85.8 Å². The van der Waals surface area contributed by atoms with Crippen LogP contribution in [0.1, 0.15) is 56.6 Å². The number of hydrogen-bond acceptors (Lipinski definition) is 2. The Morgan fingerprint density at radius 2 is 1.66 bits per heavy atom. The maximum absolute atomic E-state index is 13.5. The summed E-state index contributed by atoms with van der Waals surface area (Å²) < 4.78 is 0. The third-order valence-electron chi connectivity index (χ3n) is 6.21. The molecule has 0 radical (unpaired) electrons. The van der Waals surface area contributed by atoms with Gasteiger partial charge in [0, 0.05) is 22.6 Å². The van der Waals surface area contributed by atoms with Gasteiger partial charge in [0.2, 0.25) is 11.8 Å². The molecule has 0 saturated heterocycles. The number of rotatable bonds is 9. The zero-order chi connectivity index (χ0) is 22.9. The van der Waals surface area contributed by atoms with E-state index in [2.05, 4.69) is 5.32 Å². The fourth-order valence-electron chi connectivity index (χ4n) is 4.39. The summed E-state index contributed by atoms with van der Waals surface area (Å²) in [6.45, 7) is 2.41. The molecule has 172 valence electrons. The van der Waals surface area contributed by atoms with Crippen LogP contribution >= 0.6 is 23.2 Å². The van der Waals surface area contributed by atoms with Crippen LogP contribution < -0.4 is 5.32 Å². The van der Waals surface area contributed by atoms with Crippen LogP contribution in [0.25, 0.3) is 0 Å². The second-order valence-electron chi connectivity index (χ2n) is 8.47. The maximum atomic E-state index is 13.5. The van der Waals surface area contributed by atoms with Gasteiger partial charge in [0.05, 0.1) is 6.42 Å². The average Bonchev–Trinajstić information content (AvgIpc) is 2.80. The number of halogens is 2. The van der Waals surface area contributed by atoms with Crippen molar-refractivity contribution in [3.05, 3.63) is 69.7 Å². The summed E-state index contributed by atoms with van der Waals surface area (Å²) in [5.41, 5.74) is 1.73. The van der Waals surface area contributed by atoms with Crippen LogP contribution in [0, 0.1) is 0 Å². The van der Waals surface area contributed by atoms with Crippen LogP contribution in [0.2, 0.25) is 10.0 Å². The highest BCUT2D eigenvalue weighted by Gasteiger charge is 2.30. The normalized spacial score (nSPS) is 15.2. The predicted octanol–water partition coefficient (Wildman–Crippen LogP) is 5.83. The van der Waals surface area contributed by atoms with E-state index in [-0.39, 0.29) is 24.3 Å². The van der Waals surface area contributed by atoms with Gasteiger partial charge in [-0.2, -0.15) is 0 Å². The lowest BCUT2D eigenvalue weighted by Gasteiger charge is -2.33. The Morgan fingerprint density at radius 3 is 2.28 bits per heavy atom. The fraction of sp³-hybridized carbons (Fsp3) is 0.462. The molecule has 1 unspecified atom stereocenters. The summed E-state index contributed by atoms with van der Waals surface area (Å²) in [6.07, 6.45) is 6.83. The van der Waals surface area contributed by atoms with Crippen LogP contribution in [0.4, 0.5) is 0 Å². The number of benzene rings is 2. The third kappa shape index (κ3) is 6.73. The molecule has 0 aliphatic heterocycles. The fourth-order valence-corrected chi connectivity index (χ4v) is 4.93. The van der Waals surface area contributed by atoms with Crippen molar-refractivity contribution >= 4 is 35.0 Å². The van der Waals surface area contributed by atoms with Gasteiger partial charge in [0.25, 0.3) is 0 Å². The van der Waals surface area contributed by atoms with E-state index in [9.17, 15) is 9.59 Å². The largest absolute Gasteiger partial charge is 0.352 e. The first-order valence-electron chi connectivity index (χ1n) is 11.6. The molecule has 2 aromatic carbocycles. The number of nitrogens with zero attached hydrogens (tertiary/aromatic N) is 1. The first-order valence-corrected chi connectivity index (χ1v) is 12.3. The SMILES string of the molecule is CCC(C(=O)NC1CCCCC1)N(CCc1ccccc1)C(=O)Cc1c(Cl)cccc1Cl. The minimum absolute atomic E-state index is 0.0638. The highest BCUT2D eigenvalue weighted by Crippen LogP contribution is 2.26. The average molecular weight is 475 g/mol. The highest BCUT2D eigenvalue weighted by atomic mass is 35.5. The molecule has 1 atom stereocenters. The van der Waals surface area contributed by atoms with Crippen molar-refractivity contribution < 1.29 is 9.59 Å². The molecule has 0 heterocycles. The predicted molar refractivity (Wildman–Crippen MR) is 131 cm³/mol. The second kappa shape index (κ2) is 12.3. The van der Waals surface area contributed by atoms with Crippen LogP contribution in [0.3, 0.4) is 0 Å². The van der Waals surface area contributed by atoms with E-state index in [1.54, 1.807) is 23.1 Å². The van der Waals surface area contributed by atoms with Gasteiger partial charge < -0.3 is 10.2 Å². The van der Waals surface area contributed by atoms with Crippen LogP contribution in [-0.2, 0) is 22.4 Å². The number of amides is 2. The molecule has 0 spiro atoms. The van der Waals surface area contributed by atoms with Crippen molar-refractivity contribution in [1.29, 1.82) is 0 Å². The summed E-state index contributed by atoms with van der Waals surface area (Å²) in [6, 6.07) is 14.9. The van der Waals surface area contributed by atoms with Gasteiger partial charge in [0.15, 0.2) is 0 Å². The Balaban J connectivity index is 1.78. The molecular formula is C26H32Cl2N2O2. The van der Waals surface area contributed by atoms with Gasteiger partial charge in [-0.05, 0) is 48.9 Å². The Labute approximate surface area is 201 Å². The molecule has 0 bridgehead atoms. The van der Waals surface area contributed by atoms with Crippen molar-refractivity contribution in [3.8, 4) is 0 Å². The smallest absolute Gasteiger partial charge is 0.243 e. The number of nitrogens with one attached hydrogen (secondary N) is 1. The van der Waals surface area contributed by atoms with Crippen molar-refractivity contribution in [3.63, 3.8) is 0 Å². The lowest BCUT2D eigenvalue weighted by atomic mass is 9.95. The third-order valence-corrected chi connectivity index (χ3v) is 6.92. The molecule has 1 aliphatic carbocycles. The van der Waals surface area contributed by atoms with Gasteiger partial charge in [-0.3, -0.25) is 9.59 Å². The second-order valence-corrected chi connectivity index (χ2v) is 9.28. The topological polar surface area (TPSA) is 49.4 Å². The van der Waals surface area contributed by atoms with Crippen molar-refractivity contribution in [1.82, 2.24) is 10.2 Å². The summed E-state index contributed by atoms with van der Waals surface area (Å²) in [5, 5.41) is 4.14. The summed E-state index contributed by atoms with van der Waals surface area (Å²) >= 11 is 12.6. The van der Waals surface area contributed by atoms with E-state index < -0.39 is 6.04 Å². The molecule has 1 aliphatic rings. The minimum Gasteiger partial charge on any atom is -0.352 e. The van der Waals surface area contributed by atoms with E-state index in [1.165, 1.54) is 6.42 Å². The summed E-state index contributed by atoms with van der Waals surface area (Å²) in [7, 11) is 0. The Kier molecular flexibility index (Phi) is 9.43. The van der Waals surface area contributed by atoms with Crippen LogP contribution in [-0.4, -0.2) is 35.3 Å². The Morgan fingerprint density at radius 1 is 1.00 bits per heavy atom. The quantitative estimate of drug-likeness (QED) is 0.496. The summed E-state index contributed by atoms with van der Waals surface area (Å²) in [4.78, 5) is 28.4. The molecule has 0 aromatic heterocycles. The van der Waals surface area contributed by atoms with E-state index in [4.69, 9.17) is 23.2 Å². The molecule has 1 saturated carbocycles.